The first-order chi connectivity index (χ1) is 9.17. The van der Waals surface area contributed by atoms with Crippen molar-refractivity contribution >= 4 is 12.3 Å². The first-order valence-electron chi connectivity index (χ1n) is 6.10. The lowest BCUT2D eigenvalue weighted by molar-refractivity contribution is 0.340. The van der Waals surface area contributed by atoms with Gasteiger partial charge in [-0.1, -0.05) is 6.58 Å². The topological polar surface area (TPSA) is 67.3 Å². The van der Waals surface area contributed by atoms with Gasteiger partial charge in [0.1, 0.15) is 11.2 Å². The van der Waals surface area contributed by atoms with Crippen molar-refractivity contribution in [3.05, 3.63) is 50.6 Å². The Balaban J connectivity index is 2.19. The lowest BCUT2D eigenvalue weighted by Gasteiger charge is -2.13. The van der Waals surface area contributed by atoms with Gasteiger partial charge in [0.05, 0.1) is 18.0 Å². The van der Waals surface area contributed by atoms with Gasteiger partial charge >= 0.3 is 0 Å². The first kappa shape index (κ1) is 11.6. The van der Waals surface area contributed by atoms with Crippen LogP contribution in [0.5, 0.6) is 5.75 Å². The number of benzene rings is 1. The Morgan fingerprint density at radius 3 is 3.11 bits per heavy atom. The van der Waals surface area contributed by atoms with Crippen LogP contribution in [-0.4, -0.2) is 16.6 Å². The van der Waals surface area contributed by atoms with Gasteiger partial charge in [-0.15, -0.1) is 0 Å². The van der Waals surface area contributed by atoms with E-state index in [2.05, 4.69) is 21.5 Å². The number of hydrogen-bond acceptors (Lipinski definition) is 4. The van der Waals surface area contributed by atoms with Gasteiger partial charge in [-0.25, -0.2) is 9.98 Å². The monoisotopic (exact) mass is 255 g/mol. The highest BCUT2D eigenvalue weighted by Crippen LogP contribution is 2.27. The van der Waals surface area contributed by atoms with E-state index in [0.29, 0.717) is 29.6 Å². The van der Waals surface area contributed by atoms with E-state index in [-0.39, 0.29) is 5.56 Å². The largest absolute Gasteiger partial charge is 0.494 e. The third-order valence-corrected chi connectivity index (χ3v) is 2.97. The summed E-state index contributed by atoms with van der Waals surface area (Å²) in [6.07, 6.45) is 0.571. The number of nitrogens with one attached hydrogen (secondary N) is 1. The van der Waals surface area contributed by atoms with Gasteiger partial charge in [-0.3, -0.25) is 4.79 Å². The van der Waals surface area contributed by atoms with Crippen LogP contribution in [0.1, 0.15) is 18.2 Å². The van der Waals surface area contributed by atoms with Crippen molar-refractivity contribution in [2.75, 3.05) is 6.61 Å². The molecule has 1 aliphatic heterocycles. The molecule has 1 N–H and O–H groups in total. The molecule has 0 spiro atoms. The maximum absolute atomic E-state index is 11.8. The maximum atomic E-state index is 11.8. The summed E-state index contributed by atoms with van der Waals surface area (Å²) < 4.78 is 5.47. The van der Waals surface area contributed by atoms with Crippen LogP contribution in [-0.2, 0) is 6.42 Å². The fourth-order valence-electron chi connectivity index (χ4n) is 2.17. The van der Waals surface area contributed by atoms with Crippen molar-refractivity contribution in [2.45, 2.75) is 13.3 Å². The molecule has 5 heteroatoms. The van der Waals surface area contributed by atoms with Crippen molar-refractivity contribution in [3.63, 3.8) is 0 Å². The predicted octanol–water partition coefficient (Wildman–Crippen LogP) is 0.434. The Morgan fingerprint density at radius 1 is 1.47 bits per heavy atom. The Morgan fingerprint density at radius 2 is 2.32 bits per heavy atom. The number of rotatable bonds is 2. The van der Waals surface area contributed by atoms with Crippen LogP contribution in [0.3, 0.4) is 0 Å². The van der Waals surface area contributed by atoms with Crippen LogP contribution < -0.4 is 21.1 Å². The third kappa shape index (κ3) is 2.03. The van der Waals surface area contributed by atoms with E-state index in [0.717, 1.165) is 17.0 Å². The number of aromatic amines is 1. The molecule has 19 heavy (non-hydrogen) atoms. The van der Waals surface area contributed by atoms with Crippen molar-refractivity contribution in [1.29, 1.82) is 0 Å². The highest BCUT2D eigenvalue weighted by molar-refractivity contribution is 5.53. The molecule has 96 valence electrons. The SMILES string of the molecule is C=c1nc2c(c(=O)[nH]1)=Nc1ccc(OCC)cc1C2. The molecule has 2 heterocycles. The zero-order chi connectivity index (χ0) is 13.4. The molecule has 0 aliphatic carbocycles. The molecule has 5 nitrogen and oxygen atoms in total. The lowest BCUT2D eigenvalue weighted by Crippen LogP contribution is -2.40. The summed E-state index contributed by atoms with van der Waals surface area (Å²) in [6, 6.07) is 5.66. The molecule has 0 saturated carbocycles. The highest BCUT2D eigenvalue weighted by Gasteiger charge is 2.14. The fraction of sp³-hybridized carbons (Fsp3) is 0.214. The minimum atomic E-state index is -0.241. The molecule has 0 amide bonds. The van der Waals surface area contributed by atoms with Gasteiger partial charge in [0.2, 0.25) is 0 Å². The maximum Gasteiger partial charge on any atom is 0.277 e. The van der Waals surface area contributed by atoms with Gasteiger partial charge in [-0.2, -0.15) is 0 Å². The average Bonchev–Trinajstić information content (AvgIpc) is 2.37. The molecule has 0 saturated heterocycles. The quantitative estimate of drug-likeness (QED) is 0.722. The van der Waals surface area contributed by atoms with Crippen LogP contribution in [0.2, 0.25) is 0 Å². The second kappa shape index (κ2) is 4.35. The van der Waals surface area contributed by atoms with E-state index in [1.54, 1.807) is 0 Å². The molecular weight excluding hydrogens is 242 g/mol. The minimum Gasteiger partial charge on any atom is -0.494 e. The zero-order valence-corrected chi connectivity index (χ0v) is 10.6. The number of ether oxygens (including phenoxy) is 1. The van der Waals surface area contributed by atoms with Gasteiger partial charge < -0.3 is 9.72 Å². The van der Waals surface area contributed by atoms with E-state index in [1.165, 1.54) is 0 Å². The van der Waals surface area contributed by atoms with Gasteiger partial charge in [-0.05, 0) is 30.7 Å². The molecule has 1 aromatic carbocycles. The van der Waals surface area contributed by atoms with E-state index < -0.39 is 0 Å². The smallest absolute Gasteiger partial charge is 0.277 e. The normalized spacial score (nSPS) is 12.3. The predicted molar refractivity (Wildman–Crippen MR) is 71.2 cm³/mol. The van der Waals surface area contributed by atoms with Crippen molar-refractivity contribution in [2.24, 2.45) is 4.99 Å². The third-order valence-electron chi connectivity index (χ3n) is 2.97. The Hall–Kier alpha value is -2.43. The molecule has 1 aromatic heterocycles. The fourth-order valence-corrected chi connectivity index (χ4v) is 2.17. The molecule has 3 rings (SSSR count). The van der Waals surface area contributed by atoms with E-state index in [4.69, 9.17) is 4.74 Å². The number of hydrogen-bond donors (Lipinski definition) is 1. The summed E-state index contributed by atoms with van der Waals surface area (Å²) in [4.78, 5) is 23.0. The zero-order valence-electron chi connectivity index (χ0n) is 10.6. The number of H-pyrrole nitrogens is 1. The highest BCUT2D eigenvalue weighted by atomic mass is 16.5. The van der Waals surface area contributed by atoms with Gasteiger partial charge in [0, 0.05) is 6.42 Å². The summed E-state index contributed by atoms with van der Waals surface area (Å²) in [5.74, 6) is 0.805. The number of fused-ring (bicyclic) bond motifs is 2. The van der Waals surface area contributed by atoms with Gasteiger partial charge in [0.25, 0.3) is 5.56 Å². The van der Waals surface area contributed by atoms with Gasteiger partial charge in [0.15, 0.2) is 5.36 Å². The Labute approximate surface area is 109 Å². The van der Waals surface area contributed by atoms with E-state index in [1.807, 2.05) is 25.1 Å². The van der Waals surface area contributed by atoms with E-state index >= 15 is 0 Å². The molecule has 2 aromatic rings. The van der Waals surface area contributed by atoms with Crippen molar-refractivity contribution in [1.82, 2.24) is 9.97 Å². The molecule has 1 aliphatic rings. The van der Waals surface area contributed by atoms with Crippen molar-refractivity contribution in [3.8, 4) is 5.75 Å². The summed E-state index contributed by atoms with van der Waals surface area (Å²) in [5.41, 5.74) is 2.59. The molecule has 0 unspecified atom stereocenters. The van der Waals surface area contributed by atoms with Crippen LogP contribution in [0.25, 0.3) is 6.58 Å². The molecular formula is C14H13N3O2. The molecule has 0 bridgehead atoms. The van der Waals surface area contributed by atoms with Crippen LogP contribution >= 0.6 is 0 Å². The summed E-state index contributed by atoms with van der Waals surface area (Å²) >= 11 is 0. The van der Waals surface area contributed by atoms with Crippen LogP contribution in [0.15, 0.2) is 28.0 Å². The second-order valence-corrected chi connectivity index (χ2v) is 4.32. The van der Waals surface area contributed by atoms with Crippen LogP contribution in [0.4, 0.5) is 5.69 Å². The van der Waals surface area contributed by atoms with Crippen LogP contribution in [0, 0.1) is 0 Å². The summed E-state index contributed by atoms with van der Waals surface area (Å²) in [6.45, 7) is 6.22. The number of nitrogens with zero attached hydrogens (tertiary/aromatic N) is 2. The summed E-state index contributed by atoms with van der Waals surface area (Å²) in [7, 11) is 0. The van der Waals surface area contributed by atoms with E-state index in [9.17, 15) is 4.79 Å². The standard InChI is InChI=1S/C14H13N3O2/c1-3-19-10-4-5-11-9(6-10)7-12-13(17-11)14(18)16-8(2)15-12/h4-6H,2-3,7H2,1H3,(H,16,18). The Kier molecular flexibility index (Phi) is 2.67. The molecule has 0 atom stereocenters. The second-order valence-electron chi connectivity index (χ2n) is 4.32. The molecule has 0 radical (unpaired) electrons. The molecule has 0 fully saturated rings. The number of aromatic nitrogens is 2. The average molecular weight is 255 g/mol. The van der Waals surface area contributed by atoms with Crippen molar-refractivity contribution < 1.29 is 4.74 Å². The first-order valence-corrected chi connectivity index (χ1v) is 6.10. The summed E-state index contributed by atoms with van der Waals surface area (Å²) in [5, 5.41) is 0.379. The lowest BCUT2D eigenvalue weighted by atomic mass is 10.0. The minimum absolute atomic E-state index is 0.241. The Bertz CT molecular complexity index is 808.